The summed E-state index contributed by atoms with van der Waals surface area (Å²) in [5.41, 5.74) is -0.433. The molecule has 1 rings (SSSR count). The number of rotatable bonds is 3. The molecule has 5 nitrogen and oxygen atoms in total. The van der Waals surface area contributed by atoms with Gasteiger partial charge in [-0.3, -0.25) is 4.79 Å². The van der Waals surface area contributed by atoms with E-state index in [0.29, 0.717) is 19.5 Å². The van der Waals surface area contributed by atoms with Gasteiger partial charge >= 0.3 is 12.1 Å². The maximum absolute atomic E-state index is 11.6. The molecule has 0 aromatic carbocycles. The summed E-state index contributed by atoms with van der Waals surface area (Å²) in [6, 6.07) is 0. The van der Waals surface area contributed by atoms with Gasteiger partial charge in [-0.1, -0.05) is 26.5 Å². The minimum absolute atomic E-state index is 0.179. The number of nitrogens with zero attached hydrogens (tertiary/aromatic N) is 1. The summed E-state index contributed by atoms with van der Waals surface area (Å²) in [7, 11) is 0. The van der Waals surface area contributed by atoms with Crippen molar-refractivity contribution in [2.45, 2.75) is 20.3 Å². The van der Waals surface area contributed by atoms with Gasteiger partial charge in [0, 0.05) is 13.1 Å². The van der Waals surface area contributed by atoms with Crippen molar-refractivity contribution in [3.63, 3.8) is 0 Å². The van der Waals surface area contributed by atoms with Crippen molar-refractivity contribution < 1.29 is 19.4 Å². The van der Waals surface area contributed by atoms with Crippen LogP contribution in [0.4, 0.5) is 4.79 Å². The quantitative estimate of drug-likeness (QED) is 0.764. The number of carboxylic acids is 1. The van der Waals surface area contributed by atoms with Gasteiger partial charge in [0.25, 0.3) is 0 Å². The van der Waals surface area contributed by atoms with Gasteiger partial charge in [0.05, 0.1) is 5.92 Å². The number of ether oxygens (including phenoxy) is 1. The van der Waals surface area contributed by atoms with Gasteiger partial charge in [-0.2, -0.15) is 0 Å². The van der Waals surface area contributed by atoms with Gasteiger partial charge in [0.15, 0.2) is 0 Å². The van der Waals surface area contributed by atoms with E-state index in [1.807, 2.05) is 13.8 Å². The van der Waals surface area contributed by atoms with Gasteiger partial charge in [-0.25, -0.2) is 4.79 Å². The normalized spacial score (nSPS) is 22.9. The highest BCUT2D eigenvalue weighted by Gasteiger charge is 2.41. The molecule has 1 aliphatic heterocycles. The average molecular weight is 241 g/mol. The number of piperidine rings is 1. The molecule has 1 fully saturated rings. The fourth-order valence-electron chi connectivity index (χ4n) is 2.19. The van der Waals surface area contributed by atoms with Crippen molar-refractivity contribution >= 4 is 12.1 Å². The lowest BCUT2D eigenvalue weighted by Gasteiger charge is -2.41. The molecule has 0 radical (unpaired) electrons. The monoisotopic (exact) mass is 241 g/mol. The van der Waals surface area contributed by atoms with Gasteiger partial charge in [0.2, 0.25) is 0 Å². The highest BCUT2D eigenvalue weighted by Crippen LogP contribution is 2.35. The lowest BCUT2D eigenvalue weighted by molar-refractivity contribution is -0.148. The summed E-state index contributed by atoms with van der Waals surface area (Å²) >= 11 is 0. The zero-order valence-corrected chi connectivity index (χ0v) is 10.3. The van der Waals surface area contributed by atoms with Crippen molar-refractivity contribution in [3.05, 3.63) is 12.7 Å². The van der Waals surface area contributed by atoms with E-state index in [4.69, 9.17) is 9.84 Å². The molecule has 1 heterocycles. The van der Waals surface area contributed by atoms with Crippen molar-refractivity contribution in [1.82, 2.24) is 4.90 Å². The molecule has 0 saturated carbocycles. The molecule has 0 aromatic heterocycles. The standard InChI is InChI=1S/C12H19NO4/c1-4-7-17-11(16)13-6-5-9(10(14)15)12(2,3)8-13/h4,9H,1,5-8H2,2-3H3,(H,14,15). The van der Waals surface area contributed by atoms with E-state index in [2.05, 4.69) is 6.58 Å². The number of hydrogen-bond acceptors (Lipinski definition) is 3. The minimum Gasteiger partial charge on any atom is -0.481 e. The summed E-state index contributed by atoms with van der Waals surface area (Å²) in [5, 5.41) is 9.09. The largest absolute Gasteiger partial charge is 0.481 e. The van der Waals surface area contributed by atoms with E-state index < -0.39 is 23.4 Å². The van der Waals surface area contributed by atoms with E-state index in [-0.39, 0.29) is 6.61 Å². The number of carbonyl (C=O) groups excluding carboxylic acids is 1. The summed E-state index contributed by atoms with van der Waals surface area (Å²) in [6.45, 7) is 8.20. The molecule has 17 heavy (non-hydrogen) atoms. The fourth-order valence-corrected chi connectivity index (χ4v) is 2.19. The van der Waals surface area contributed by atoms with E-state index in [1.165, 1.54) is 6.08 Å². The Labute approximate surface area is 101 Å². The topological polar surface area (TPSA) is 66.8 Å². The molecule has 0 aromatic rings. The second-order valence-corrected chi connectivity index (χ2v) is 4.96. The molecule has 1 amide bonds. The highest BCUT2D eigenvalue weighted by molar-refractivity contribution is 5.72. The van der Waals surface area contributed by atoms with Gasteiger partial charge in [0.1, 0.15) is 6.61 Å². The van der Waals surface area contributed by atoms with Crippen LogP contribution in [0.5, 0.6) is 0 Å². The number of hydrogen-bond donors (Lipinski definition) is 1. The van der Waals surface area contributed by atoms with Crippen LogP contribution in [0.1, 0.15) is 20.3 Å². The molecule has 0 aliphatic carbocycles. The van der Waals surface area contributed by atoms with E-state index >= 15 is 0 Å². The molecule has 1 aliphatic rings. The second-order valence-electron chi connectivity index (χ2n) is 4.96. The fraction of sp³-hybridized carbons (Fsp3) is 0.667. The Morgan fingerprint density at radius 3 is 2.71 bits per heavy atom. The first kappa shape index (κ1) is 13.5. The molecular weight excluding hydrogens is 222 g/mol. The summed E-state index contributed by atoms with van der Waals surface area (Å²) < 4.78 is 4.94. The van der Waals surface area contributed by atoms with Crippen molar-refractivity contribution in [2.75, 3.05) is 19.7 Å². The Bertz CT molecular complexity index is 324. The Morgan fingerprint density at radius 2 is 2.24 bits per heavy atom. The van der Waals surface area contributed by atoms with Gasteiger partial charge in [-0.05, 0) is 11.8 Å². The molecule has 1 N–H and O–H groups in total. The van der Waals surface area contributed by atoms with E-state index in [9.17, 15) is 9.59 Å². The summed E-state index contributed by atoms with van der Waals surface area (Å²) in [4.78, 5) is 24.3. The molecule has 5 heteroatoms. The molecule has 0 bridgehead atoms. The first-order chi connectivity index (χ1) is 7.88. The van der Waals surface area contributed by atoms with E-state index in [0.717, 1.165) is 0 Å². The van der Waals surface area contributed by atoms with Crippen LogP contribution < -0.4 is 0 Å². The number of amides is 1. The SMILES string of the molecule is C=CCOC(=O)N1CCC(C(=O)O)C(C)(C)C1. The zero-order chi connectivity index (χ0) is 13.1. The molecule has 1 unspecified atom stereocenters. The third-order valence-corrected chi connectivity index (χ3v) is 3.11. The predicted octanol–water partition coefficient (Wildman–Crippen LogP) is 1.74. The van der Waals surface area contributed by atoms with Crippen LogP contribution >= 0.6 is 0 Å². The Kier molecular flexibility index (Phi) is 4.15. The molecular formula is C12H19NO4. The van der Waals surface area contributed by atoms with Crippen LogP contribution in [0.2, 0.25) is 0 Å². The smallest absolute Gasteiger partial charge is 0.410 e. The van der Waals surface area contributed by atoms with Gasteiger partial charge in [-0.15, -0.1) is 0 Å². The molecule has 96 valence electrons. The lowest BCUT2D eigenvalue weighted by atomic mass is 9.74. The Hall–Kier alpha value is -1.52. The summed E-state index contributed by atoms with van der Waals surface area (Å²) in [6.07, 6.45) is 1.57. The van der Waals surface area contributed by atoms with Crippen LogP contribution in [0, 0.1) is 11.3 Å². The second kappa shape index (κ2) is 5.21. The van der Waals surface area contributed by atoms with Crippen LogP contribution in [0.15, 0.2) is 12.7 Å². The number of carbonyl (C=O) groups is 2. The maximum atomic E-state index is 11.6. The summed E-state index contributed by atoms with van der Waals surface area (Å²) in [5.74, 6) is -1.21. The third kappa shape index (κ3) is 3.22. The molecule has 1 saturated heterocycles. The van der Waals surface area contributed by atoms with Crippen molar-refractivity contribution in [1.29, 1.82) is 0 Å². The average Bonchev–Trinajstić information content (AvgIpc) is 2.23. The Balaban J connectivity index is 2.63. The lowest BCUT2D eigenvalue weighted by Crippen LogP contribution is -2.50. The van der Waals surface area contributed by atoms with Crippen LogP contribution in [-0.4, -0.2) is 41.8 Å². The molecule has 0 spiro atoms. The predicted molar refractivity (Wildman–Crippen MR) is 62.6 cm³/mol. The molecule has 1 atom stereocenters. The third-order valence-electron chi connectivity index (χ3n) is 3.11. The highest BCUT2D eigenvalue weighted by atomic mass is 16.6. The van der Waals surface area contributed by atoms with Crippen LogP contribution in [0.25, 0.3) is 0 Å². The number of likely N-dealkylation sites (tertiary alicyclic amines) is 1. The first-order valence-electron chi connectivity index (χ1n) is 5.64. The van der Waals surface area contributed by atoms with Crippen molar-refractivity contribution in [3.8, 4) is 0 Å². The van der Waals surface area contributed by atoms with Gasteiger partial charge < -0.3 is 14.7 Å². The zero-order valence-electron chi connectivity index (χ0n) is 10.3. The van der Waals surface area contributed by atoms with Crippen LogP contribution in [0.3, 0.4) is 0 Å². The number of carboxylic acid groups (broad SMARTS) is 1. The number of aliphatic carboxylic acids is 1. The maximum Gasteiger partial charge on any atom is 0.410 e. The van der Waals surface area contributed by atoms with Crippen LogP contribution in [-0.2, 0) is 9.53 Å². The first-order valence-corrected chi connectivity index (χ1v) is 5.64. The van der Waals surface area contributed by atoms with Crippen molar-refractivity contribution in [2.24, 2.45) is 11.3 Å². The Morgan fingerprint density at radius 1 is 1.59 bits per heavy atom. The van der Waals surface area contributed by atoms with E-state index in [1.54, 1.807) is 4.90 Å². The minimum atomic E-state index is -0.797.